The van der Waals surface area contributed by atoms with Crippen molar-refractivity contribution in [3.05, 3.63) is 48.2 Å². The number of guanidine groups is 1. The molecule has 1 aliphatic rings. The zero-order valence-corrected chi connectivity index (χ0v) is 21.0. The van der Waals surface area contributed by atoms with E-state index in [1.807, 2.05) is 37.5 Å². The smallest absolute Gasteiger partial charge is 0.191 e. The lowest BCUT2D eigenvalue weighted by Crippen LogP contribution is -2.49. The van der Waals surface area contributed by atoms with E-state index in [1.165, 1.54) is 5.56 Å². The third kappa shape index (κ3) is 8.08. The molecule has 0 bridgehead atoms. The Morgan fingerprint density at radius 1 is 1.19 bits per heavy atom. The van der Waals surface area contributed by atoms with Gasteiger partial charge in [0.15, 0.2) is 5.96 Å². The van der Waals surface area contributed by atoms with Gasteiger partial charge in [0.25, 0.3) is 0 Å². The summed E-state index contributed by atoms with van der Waals surface area (Å²) in [4.78, 5) is 11.3. The van der Waals surface area contributed by atoms with Crippen LogP contribution in [0.4, 0.5) is 5.82 Å². The molecule has 8 heteroatoms. The van der Waals surface area contributed by atoms with Gasteiger partial charge in [0, 0.05) is 45.0 Å². The highest BCUT2D eigenvalue weighted by Crippen LogP contribution is 2.19. The van der Waals surface area contributed by atoms with Gasteiger partial charge in [-0.15, -0.1) is 24.0 Å². The summed E-state index contributed by atoms with van der Waals surface area (Å²) in [5.41, 5.74) is 1.19. The molecular formula is C23H34IN5O2. The fourth-order valence-electron chi connectivity index (χ4n) is 3.45. The maximum atomic E-state index is 5.78. The van der Waals surface area contributed by atoms with Gasteiger partial charge in [0.05, 0.1) is 13.7 Å². The van der Waals surface area contributed by atoms with Crippen molar-refractivity contribution in [3.8, 4) is 11.5 Å². The van der Waals surface area contributed by atoms with Crippen molar-refractivity contribution in [2.45, 2.75) is 32.2 Å². The molecule has 3 rings (SSSR count). The molecule has 0 unspecified atom stereocenters. The van der Waals surface area contributed by atoms with Crippen molar-refractivity contribution in [1.82, 2.24) is 15.6 Å². The molecule has 1 aromatic heterocycles. The van der Waals surface area contributed by atoms with Crippen LogP contribution in [0.2, 0.25) is 0 Å². The van der Waals surface area contributed by atoms with Crippen molar-refractivity contribution in [2.75, 3.05) is 45.3 Å². The van der Waals surface area contributed by atoms with Gasteiger partial charge in [-0.2, -0.15) is 0 Å². The van der Waals surface area contributed by atoms with E-state index in [2.05, 4.69) is 44.6 Å². The maximum Gasteiger partial charge on any atom is 0.191 e. The molecule has 0 aliphatic carbocycles. The summed E-state index contributed by atoms with van der Waals surface area (Å²) < 4.78 is 11.0. The molecule has 0 atom stereocenters. The quantitative estimate of drug-likeness (QED) is 0.231. The average molecular weight is 539 g/mol. The highest BCUT2D eigenvalue weighted by atomic mass is 127. The van der Waals surface area contributed by atoms with Crippen LogP contribution in [-0.2, 0) is 0 Å². The highest BCUT2D eigenvalue weighted by Gasteiger charge is 2.20. The number of nitrogens with one attached hydrogen (secondary N) is 2. The summed E-state index contributed by atoms with van der Waals surface area (Å²) >= 11 is 0. The molecule has 1 fully saturated rings. The molecule has 0 saturated carbocycles. The first-order chi connectivity index (χ1) is 14.7. The molecule has 1 aliphatic heterocycles. The Labute approximate surface area is 202 Å². The van der Waals surface area contributed by atoms with Crippen LogP contribution >= 0.6 is 24.0 Å². The molecule has 31 heavy (non-hydrogen) atoms. The van der Waals surface area contributed by atoms with E-state index in [0.29, 0.717) is 12.6 Å². The van der Waals surface area contributed by atoms with Crippen LogP contribution in [0.25, 0.3) is 0 Å². The number of aromatic nitrogens is 1. The fraction of sp³-hybridized carbons (Fsp3) is 0.478. The molecule has 1 aromatic carbocycles. The lowest BCUT2D eigenvalue weighted by molar-refractivity contribution is 0.308. The Balaban J connectivity index is 0.00000341. The van der Waals surface area contributed by atoms with Crippen molar-refractivity contribution in [2.24, 2.45) is 4.99 Å². The summed E-state index contributed by atoms with van der Waals surface area (Å²) in [6, 6.07) is 12.3. The predicted octanol–water partition coefficient (Wildman–Crippen LogP) is 3.62. The van der Waals surface area contributed by atoms with Gasteiger partial charge >= 0.3 is 0 Å². The lowest BCUT2D eigenvalue weighted by Gasteiger charge is -2.33. The van der Waals surface area contributed by atoms with E-state index in [4.69, 9.17) is 9.47 Å². The van der Waals surface area contributed by atoms with Crippen LogP contribution < -0.4 is 25.0 Å². The number of methoxy groups -OCH3 is 1. The molecular weight excluding hydrogens is 505 g/mol. The Bertz CT molecular complexity index is 808. The first kappa shape index (κ1) is 25.0. The van der Waals surface area contributed by atoms with Gasteiger partial charge in [-0.25, -0.2) is 4.98 Å². The zero-order valence-electron chi connectivity index (χ0n) is 18.6. The summed E-state index contributed by atoms with van der Waals surface area (Å²) in [5, 5.41) is 6.93. The Kier molecular flexibility index (Phi) is 10.7. The summed E-state index contributed by atoms with van der Waals surface area (Å²) in [6.45, 7) is 5.50. The number of halogens is 1. The number of aliphatic imine (C=N–C) groups is 1. The molecule has 1 saturated heterocycles. The van der Waals surface area contributed by atoms with Crippen molar-refractivity contribution in [1.29, 1.82) is 0 Å². The van der Waals surface area contributed by atoms with E-state index in [1.54, 1.807) is 7.11 Å². The Hall–Kier alpha value is -2.23. The first-order valence-corrected chi connectivity index (χ1v) is 10.6. The minimum absolute atomic E-state index is 0. The number of ether oxygens (including phenoxy) is 2. The summed E-state index contributed by atoms with van der Waals surface area (Å²) in [6.07, 6.45) is 4.95. The van der Waals surface area contributed by atoms with Crippen LogP contribution in [0, 0.1) is 6.92 Å². The van der Waals surface area contributed by atoms with Crippen LogP contribution in [0.15, 0.2) is 47.6 Å². The van der Waals surface area contributed by atoms with Gasteiger partial charge in [-0.3, -0.25) is 4.99 Å². The average Bonchev–Trinajstić information content (AvgIpc) is 2.79. The van der Waals surface area contributed by atoms with Crippen LogP contribution in [0.3, 0.4) is 0 Å². The second-order valence-corrected chi connectivity index (χ2v) is 7.48. The topological polar surface area (TPSA) is 71.0 Å². The van der Waals surface area contributed by atoms with Crippen molar-refractivity contribution in [3.63, 3.8) is 0 Å². The Morgan fingerprint density at radius 3 is 2.65 bits per heavy atom. The van der Waals surface area contributed by atoms with Crippen molar-refractivity contribution >= 4 is 35.8 Å². The van der Waals surface area contributed by atoms with E-state index in [-0.39, 0.29) is 24.0 Å². The zero-order chi connectivity index (χ0) is 21.2. The second-order valence-electron chi connectivity index (χ2n) is 7.48. The number of nitrogens with zero attached hydrogens (tertiary/aromatic N) is 3. The van der Waals surface area contributed by atoms with Gasteiger partial charge in [-0.05, 0) is 49.9 Å². The number of hydrogen-bond donors (Lipinski definition) is 2. The normalized spacial score (nSPS) is 14.5. The minimum atomic E-state index is 0. The molecule has 0 radical (unpaired) electrons. The second kappa shape index (κ2) is 13.2. The standard InChI is InChI=1S/C23H33N5O2.HI/c1-18-8-9-22(26-17-18)28-13-10-19(11-14-28)27-23(24-2)25-12-5-15-30-21-7-4-6-20(16-21)29-3;/h4,6-9,16-17,19H,5,10-15H2,1-3H3,(H2,24,25,27);1H. The number of aryl methyl sites for hydroxylation is 1. The Morgan fingerprint density at radius 2 is 1.97 bits per heavy atom. The van der Waals surface area contributed by atoms with E-state index >= 15 is 0 Å². The maximum absolute atomic E-state index is 5.78. The number of anilines is 1. The molecule has 170 valence electrons. The molecule has 2 aromatic rings. The number of hydrogen-bond acceptors (Lipinski definition) is 5. The fourth-order valence-corrected chi connectivity index (χ4v) is 3.45. The predicted molar refractivity (Wildman–Crippen MR) is 137 cm³/mol. The minimum Gasteiger partial charge on any atom is -0.497 e. The number of piperidine rings is 1. The molecule has 0 spiro atoms. The van der Waals surface area contributed by atoms with E-state index in [9.17, 15) is 0 Å². The van der Waals surface area contributed by atoms with Crippen LogP contribution in [0.5, 0.6) is 11.5 Å². The van der Waals surface area contributed by atoms with Gasteiger partial charge in [0.2, 0.25) is 0 Å². The third-order valence-corrected chi connectivity index (χ3v) is 5.20. The van der Waals surface area contributed by atoms with E-state index in [0.717, 1.165) is 62.2 Å². The van der Waals surface area contributed by atoms with Crippen LogP contribution in [0.1, 0.15) is 24.8 Å². The van der Waals surface area contributed by atoms with Gasteiger partial charge < -0.3 is 25.0 Å². The highest BCUT2D eigenvalue weighted by molar-refractivity contribution is 14.0. The molecule has 2 heterocycles. The van der Waals surface area contributed by atoms with Crippen LogP contribution in [-0.4, -0.2) is 57.4 Å². The lowest BCUT2D eigenvalue weighted by atomic mass is 10.1. The SMILES string of the molecule is CN=C(NCCCOc1cccc(OC)c1)NC1CCN(c2ccc(C)cn2)CC1.I. The van der Waals surface area contributed by atoms with Crippen molar-refractivity contribution < 1.29 is 9.47 Å². The summed E-state index contributed by atoms with van der Waals surface area (Å²) in [7, 11) is 3.47. The number of pyridine rings is 1. The molecule has 2 N–H and O–H groups in total. The number of rotatable bonds is 8. The monoisotopic (exact) mass is 539 g/mol. The molecule has 7 nitrogen and oxygen atoms in total. The first-order valence-electron chi connectivity index (χ1n) is 10.6. The van der Waals surface area contributed by atoms with Gasteiger partial charge in [0.1, 0.15) is 17.3 Å². The number of benzene rings is 1. The third-order valence-electron chi connectivity index (χ3n) is 5.20. The van der Waals surface area contributed by atoms with Gasteiger partial charge in [-0.1, -0.05) is 12.1 Å². The summed E-state index contributed by atoms with van der Waals surface area (Å²) in [5.74, 6) is 3.55. The van der Waals surface area contributed by atoms with E-state index < -0.39 is 0 Å². The largest absolute Gasteiger partial charge is 0.497 e. The molecule has 0 amide bonds.